The van der Waals surface area contributed by atoms with E-state index in [0.29, 0.717) is 24.3 Å². The predicted octanol–water partition coefficient (Wildman–Crippen LogP) is 0.304. The van der Waals surface area contributed by atoms with Gasteiger partial charge in [-0.05, 0) is 18.6 Å². The van der Waals surface area contributed by atoms with Gasteiger partial charge in [0.25, 0.3) is 5.91 Å². The molecule has 19 heavy (non-hydrogen) atoms. The van der Waals surface area contributed by atoms with Crippen LogP contribution in [-0.2, 0) is 4.79 Å². The second kappa shape index (κ2) is 5.48. The van der Waals surface area contributed by atoms with Crippen LogP contribution < -0.4 is 5.32 Å². The summed E-state index contributed by atoms with van der Waals surface area (Å²) in [6.07, 6.45) is 2.14. The van der Waals surface area contributed by atoms with Crippen molar-refractivity contribution >= 4 is 11.8 Å². The lowest BCUT2D eigenvalue weighted by molar-refractivity contribution is -0.119. The molecular formula is C13H14N4O2. The Bertz CT molecular complexity index is 533. The average Bonchev–Trinajstić information content (AvgIpc) is 2.85. The number of nitrogens with one attached hydrogen (secondary N) is 1. The van der Waals surface area contributed by atoms with Gasteiger partial charge in [0.2, 0.25) is 5.91 Å². The van der Waals surface area contributed by atoms with E-state index in [2.05, 4.69) is 10.3 Å². The Kier molecular flexibility index (Phi) is 3.76. The molecule has 0 radical (unpaired) electrons. The zero-order chi connectivity index (χ0) is 13.8. The third-order valence-corrected chi connectivity index (χ3v) is 2.99. The average molecular weight is 258 g/mol. The minimum absolute atomic E-state index is 0.0137. The lowest BCUT2D eigenvalue weighted by atomic mass is 10.2. The van der Waals surface area contributed by atoms with Crippen molar-refractivity contribution in [1.29, 1.82) is 5.26 Å². The van der Waals surface area contributed by atoms with Gasteiger partial charge in [-0.15, -0.1) is 0 Å². The first-order valence-electron chi connectivity index (χ1n) is 6.02. The quantitative estimate of drug-likeness (QED) is 0.826. The SMILES string of the molecule is CC(=O)NC1CCN(C(=O)c2ccc(C#N)cn2)C1. The maximum absolute atomic E-state index is 12.1. The summed E-state index contributed by atoms with van der Waals surface area (Å²) in [7, 11) is 0. The zero-order valence-electron chi connectivity index (χ0n) is 10.6. The molecule has 98 valence electrons. The largest absolute Gasteiger partial charge is 0.352 e. The molecule has 2 heterocycles. The van der Waals surface area contributed by atoms with Crippen molar-refractivity contribution in [2.45, 2.75) is 19.4 Å². The number of hydrogen-bond donors (Lipinski definition) is 1. The second-order valence-corrected chi connectivity index (χ2v) is 4.48. The van der Waals surface area contributed by atoms with Crippen LogP contribution in [0.1, 0.15) is 29.4 Å². The molecule has 1 N–H and O–H groups in total. The van der Waals surface area contributed by atoms with Crippen LogP contribution in [0, 0.1) is 11.3 Å². The van der Waals surface area contributed by atoms with Gasteiger partial charge in [-0.25, -0.2) is 4.98 Å². The van der Waals surface area contributed by atoms with Crippen molar-refractivity contribution in [2.75, 3.05) is 13.1 Å². The van der Waals surface area contributed by atoms with Gasteiger partial charge < -0.3 is 10.2 Å². The Morgan fingerprint density at radius 3 is 2.89 bits per heavy atom. The molecule has 1 fully saturated rings. The number of hydrogen-bond acceptors (Lipinski definition) is 4. The van der Waals surface area contributed by atoms with Gasteiger partial charge in [0, 0.05) is 32.3 Å². The topological polar surface area (TPSA) is 86.1 Å². The van der Waals surface area contributed by atoms with Crippen LogP contribution in [-0.4, -0.2) is 40.8 Å². The first-order chi connectivity index (χ1) is 9.10. The van der Waals surface area contributed by atoms with Gasteiger partial charge in [-0.2, -0.15) is 5.26 Å². The highest BCUT2D eigenvalue weighted by atomic mass is 16.2. The first kappa shape index (κ1) is 13.0. The van der Waals surface area contributed by atoms with E-state index in [1.807, 2.05) is 6.07 Å². The zero-order valence-corrected chi connectivity index (χ0v) is 10.6. The Morgan fingerprint density at radius 2 is 2.32 bits per heavy atom. The van der Waals surface area contributed by atoms with Crippen LogP contribution in [0.15, 0.2) is 18.3 Å². The number of likely N-dealkylation sites (tertiary alicyclic amines) is 1. The van der Waals surface area contributed by atoms with Crippen LogP contribution in [0.2, 0.25) is 0 Å². The fourth-order valence-electron chi connectivity index (χ4n) is 2.10. The number of carbonyl (C=O) groups excluding carboxylic acids is 2. The lowest BCUT2D eigenvalue weighted by Crippen LogP contribution is -2.37. The normalized spacial score (nSPS) is 17.9. The summed E-state index contributed by atoms with van der Waals surface area (Å²) >= 11 is 0. The molecule has 2 rings (SSSR count). The molecule has 0 bridgehead atoms. The Labute approximate surface area is 111 Å². The van der Waals surface area contributed by atoms with Gasteiger partial charge in [0.05, 0.1) is 5.56 Å². The van der Waals surface area contributed by atoms with Gasteiger partial charge in [-0.3, -0.25) is 9.59 Å². The Morgan fingerprint density at radius 1 is 1.53 bits per heavy atom. The minimum Gasteiger partial charge on any atom is -0.352 e. The molecule has 0 saturated carbocycles. The van der Waals surface area contributed by atoms with Gasteiger partial charge in [-0.1, -0.05) is 0 Å². The van der Waals surface area contributed by atoms with Crippen molar-refractivity contribution in [3.8, 4) is 6.07 Å². The molecule has 2 amide bonds. The molecule has 1 aromatic rings. The van der Waals surface area contributed by atoms with Crippen molar-refractivity contribution in [1.82, 2.24) is 15.2 Å². The molecule has 1 aliphatic rings. The Hall–Kier alpha value is -2.42. The summed E-state index contributed by atoms with van der Waals surface area (Å²) in [4.78, 5) is 28.7. The second-order valence-electron chi connectivity index (χ2n) is 4.48. The molecule has 1 unspecified atom stereocenters. The molecule has 1 aliphatic heterocycles. The monoisotopic (exact) mass is 258 g/mol. The van der Waals surface area contributed by atoms with E-state index in [1.54, 1.807) is 17.0 Å². The van der Waals surface area contributed by atoms with E-state index in [0.717, 1.165) is 6.42 Å². The van der Waals surface area contributed by atoms with Gasteiger partial charge in [0.1, 0.15) is 11.8 Å². The Balaban J connectivity index is 2.01. The van der Waals surface area contributed by atoms with Crippen LogP contribution in [0.25, 0.3) is 0 Å². The van der Waals surface area contributed by atoms with E-state index >= 15 is 0 Å². The number of nitriles is 1. The summed E-state index contributed by atoms with van der Waals surface area (Å²) in [6.45, 7) is 2.57. The summed E-state index contributed by atoms with van der Waals surface area (Å²) < 4.78 is 0. The smallest absolute Gasteiger partial charge is 0.272 e. The number of nitrogens with zero attached hydrogens (tertiary/aromatic N) is 3. The maximum atomic E-state index is 12.1. The van der Waals surface area contributed by atoms with Gasteiger partial charge in [0.15, 0.2) is 0 Å². The van der Waals surface area contributed by atoms with Gasteiger partial charge >= 0.3 is 0 Å². The number of amides is 2. The van der Waals surface area contributed by atoms with Crippen molar-refractivity contribution < 1.29 is 9.59 Å². The number of carbonyl (C=O) groups is 2. The minimum atomic E-state index is -0.169. The van der Waals surface area contributed by atoms with Crippen molar-refractivity contribution in [3.63, 3.8) is 0 Å². The summed E-state index contributed by atoms with van der Waals surface area (Å²) in [5.74, 6) is -0.256. The van der Waals surface area contributed by atoms with E-state index in [4.69, 9.17) is 5.26 Å². The number of pyridine rings is 1. The number of aromatic nitrogens is 1. The highest BCUT2D eigenvalue weighted by Gasteiger charge is 2.27. The van der Waals surface area contributed by atoms with E-state index < -0.39 is 0 Å². The molecule has 6 nitrogen and oxygen atoms in total. The van der Waals surface area contributed by atoms with Crippen LogP contribution in [0.3, 0.4) is 0 Å². The maximum Gasteiger partial charge on any atom is 0.272 e. The number of rotatable bonds is 2. The molecule has 0 aliphatic carbocycles. The fraction of sp³-hybridized carbons (Fsp3) is 0.385. The van der Waals surface area contributed by atoms with E-state index in [-0.39, 0.29) is 17.9 Å². The summed E-state index contributed by atoms with van der Waals surface area (Å²) in [6, 6.07) is 5.09. The van der Waals surface area contributed by atoms with Crippen molar-refractivity contribution in [3.05, 3.63) is 29.6 Å². The molecule has 1 saturated heterocycles. The highest BCUT2D eigenvalue weighted by molar-refractivity contribution is 5.92. The third-order valence-electron chi connectivity index (χ3n) is 2.99. The molecule has 6 heteroatoms. The van der Waals surface area contributed by atoms with Crippen molar-refractivity contribution in [2.24, 2.45) is 0 Å². The van der Waals surface area contributed by atoms with Crippen LogP contribution in [0.4, 0.5) is 0 Å². The summed E-state index contributed by atoms with van der Waals surface area (Å²) in [5.41, 5.74) is 0.747. The van der Waals surface area contributed by atoms with Crippen LogP contribution >= 0.6 is 0 Å². The summed E-state index contributed by atoms with van der Waals surface area (Å²) in [5, 5.41) is 11.5. The standard InChI is InChI=1S/C13H14N4O2/c1-9(18)16-11-4-5-17(8-11)13(19)12-3-2-10(6-14)7-15-12/h2-3,7,11H,4-5,8H2,1H3,(H,16,18). The molecular weight excluding hydrogens is 244 g/mol. The predicted molar refractivity (Wildman–Crippen MR) is 67.1 cm³/mol. The van der Waals surface area contributed by atoms with E-state index in [9.17, 15) is 9.59 Å². The van der Waals surface area contributed by atoms with Crippen LogP contribution in [0.5, 0.6) is 0 Å². The lowest BCUT2D eigenvalue weighted by Gasteiger charge is -2.16. The third kappa shape index (κ3) is 3.07. The first-order valence-corrected chi connectivity index (χ1v) is 6.02. The highest BCUT2D eigenvalue weighted by Crippen LogP contribution is 2.12. The molecule has 0 spiro atoms. The molecule has 1 atom stereocenters. The molecule has 0 aromatic carbocycles. The fourth-order valence-corrected chi connectivity index (χ4v) is 2.10. The molecule has 1 aromatic heterocycles. The van der Waals surface area contributed by atoms with E-state index in [1.165, 1.54) is 13.1 Å².